The SMILES string of the molecule is CCS(=O)(=O)c1nn2c(C(=O)OC)c(C)cnc2c1-c1nc2cc(C(F)(F)F)cnc2n1C. The second-order valence-corrected chi connectivity index (χ2v) is 9.35. The molecule has 0 bridgehead atoms. The number of rotatable bonds is 4. The van der Waals surface area contributed by atoms with E-state index in [1.54, 1.807) is 6.92 Å². The fourth-order valence-electron chi connectivity index (χ4n) is 3.40. The first-order valence-electron chi connectivity index (χ1n) is 9.50. The van der Waals surface area contributed by atoms with Gasteiger partial charge in [0.1, 0.15) is 16.9 Å². The Kier molecular flexibility index (Phi) is 5.15. The summed E-state index contributed by atoms with van der Waals surface area (Å²) in [6.45, 7) is 2.99. The van der Waals surface area contributed by atoms with Gasteiger partial charge in [-0.15, -0.1) is 0 Å². The lowest BCUT2D eigenvalue weighted by Gasteiger charge is -2.06. The number of hydrogen-bond donors (Lipinski definition) is 0. The Morgan fingerprint density at radius 2 is 1.85 bits per heavy atom. The molecule has 0 spiro atoms. The molecule has 0 saturated heterocycles. The van der Waals surface area contributed by atoms with Crippen molar-refractivity contribution in [2.45, 2.75) is 25.0 Å². The molecule has 174 valence electrons. The number of ether oxygens (including phenoxy) is 1. The highest BCUT2D eigenvalue weighted by Crippen LogP contribution is 2.35. The zero-order valence-corrected chi connectivity index (χ0v) is 18.6. The standard InChI is InChI=1S/C19H17F3N6O4S/c1-5-33(30,31)17-12(15-23-7-9(2)13(18(29)32-4)28(15)26-17)16-25-11-6-10(19(20,21)22)8-24-14(11)27(16)3/h6-8H,5H2,1-4H3. The third kappa shape index (κ3) is 3.50. The number of alkyl halides is 3. The van der Waals surface area contributed by atoms with Crippen molar-refractivity contribution in [1.29, 1.82) is 0 Å². The van der Waals surface area contributed by atoms with Gasteiger partial charge in [-0.3, -0.25) is 0 Å². The van der Waals surface area contributed by atoms with E-state index in [0.29, 0.717) is 11.8 Å². The van der Waals surface area contributed by atoms with Crippen LogP contribution >= 0.6 is 0 Å². The van der Waals surface area contributed by atoms with Crippen molar-refractivity contribution in [2.24, 2.45) is 7.05 Å². The molecule has 0 aliphatic rings. The van der Waals surface area contributed by atoms with Gasteiger partial charge in [0.2, 0.25) is 0 Å². The number of hydrogen-bond acceptors (Lipinski definition) is 8. The third-order valence-corrected chi connectivity index (χ3v) is 6.74. The van der Waals surface area contributed by atoms with Crippen LogP contribution in [-0.4, -0.2) is 56.4 Å². The Balaban J connectivity index is 2.13. The molecule has 0 unspecified atom stereocenters. The lowest BCUT2D eigenvalue weighted by Crippen LogP contribution is -2.13. The third-order valence-electron chi connectivity index (χ3n) is 5.11. The number of carbonyl (C=O) groups is 1. The molecule has 0 aliphatic heterocycles. The van der Waals surface area contributed by atoms with Gasteiger partial charge in [0.15, 0.2) is 31.9 Å². The molecule has 0 amide bonds. The van der Waals surface area contributed by atoms with E-state index in [0.717, 1.165) is 17.7 Å². The summed E-state index contributed by atoms with van der Waals surface area (Å²) in [5.41, 5.74) is -0.747. The summed E-state index contributed by atoms with van der Waals surface area (Å²) in [7, 11) is -1.32. The lowest BCUT2D eigenvalue weighted by atomic mass is 10.2. The minimum atomic E-state index is -4.63. The van der Waals surface area contributed by atoms with E-state index in [4.69, 9.17) is 4.74 Å². The molecule has 0 N–H and O–H groups in total. The summed E-state index contributed by atoms with van der Waals surface area (Å²) < 4.78 is 72.4. The number of carbonyl (C=O) groups excluding carboxylic acids is 1. The van der Waals surface area contributed by atoms with Gasteiger partial charge in [-0.1, -0.05) is 6.92 Å². The maximum absolute atomic E-state index is 13.1. The van der Waals surface area contributed by atoms with Crippen molar-refractivity contribution in [2.75, 3.05) is 12.9 Å². The van der Waals surface area contributed by atoms with E-state index in [-0.39, 0.29) is 39.6 Å². The summed E-state index contributed by atoms with van der Waals surface area (Å²) in [4.78, 5) is 24.7. The lowest BCUT2D eigenvalue weighted by molar-refractivity contribution is -0.137. The van der Waals surface area contributed by atoms with E-state index >= 15 is 0 Å². The first-order chi connectivity index (χ1) is 15.4. The largest absolute Gasteiger partial charge is 0.464 e. The molecular formula is C19H17F3N6O4S. The summed E-state index contributed by atoms with van der Waals surface area (Å²) in [6.07, 6.45) is -2.61. The second kappa shape index (κ2) is 7.50. The summed E-state index contributed by atoms with van der Waals surface area (Å²) in [5.74, 6) is -1.11. The highest BCUT2D eigenvalue weighted by Gasteiger charge is 2.34. The summed E-state index contributed by atoms with van der Waals surface area (Å²) in [6, 6.07) is 0.822. The molecule has 4 heterocycles. The summed E-state index contributed by atoms with van der Waals surface area (Å²) in [5, 5.41) is 3.73. The zero-order chi connectivity index (χ0) is 24.3. The molecule has 0 fully saturated rings. The Bertz CT molecular complexity index is 1540. The number of halogens is 3. The number of sulfone groups is 1. The van der Waals surface area contributed by atoms with Crippen LogP contribution < -0.4 is 0 Å². The van der Waals surface area contributed by atoms with Gasteiger partial charge in [0.05, 0.1) is 18.4 Å². The van der Waals surface area contributed by atoms with Crippen molar-refractivity contribution < 1.29 is 31.1 Å². The number of esters is 1. The van der Waals surface area contributed by atoms with Crippen molar-refractivity contribution in [1.82, 2.24) is 29.1 Å². The summed E-state index contributed by atoms with van der Waals surface area (Å²) >= 11 is 0. The molecule has 14 heteroatoms. The van der Waals surface area contributed by atoms with Gasteiger partial charge in [-0.05, 0) is 13.0 Å². The van der Waals surface area contributed by atoms with Crippen LogP contribution in [0.1, 0.15) is 28.5 Å². The number of pyridine rings is 1. The van der Waals surface area contributed by atoms with Gasteiger partial charge in [0.25, 0.3) is 0 Å². The Morgan fingerprint density at radius 3 is 2.45 bits per heavy atom. The Morgan fingerprint density at radius 1 is 1.18 bits per heavy atom. The average Bonchev–Trinajstić information content (AvgIpc) is 3.30. The molecule has 0 saturated carbocycles. The van der Waals surface area contributed by atoms with E-state index in [1.165, 1.54) is 24.7 Å². The molecule has 10 nitrogen and oxygen atoms in total. The van der Waals surface area contributed by atoms with Gasteiger partial charge in [-0.25, -0.2) is 32.7 Å². The molecule has 4 rings (SSSR count). The molecule has 33 heavy (non-hydrogen) atoms. The van der Waals surface area contributed by atoms with Crippen LogP contribution in [-0.2, 0) is 27.8 Å². The van der Waals surface area contributed by atoms with Crippen molar-refractivity contribution >= 4 is 32.6 Å². The van der Waals surface area contributed by atoms with Crippen molar-refractivity contribution in [3.63, 3.8) is 0 Å². The Hall–Kier alpha value is -3.55. The number of aromatic nitrogens is 6. The smallest absolute Gasteiger partial charge is 0.417 e. The normalized spacial score (nSPS) is 12.6. The number of fused-ring (bicyclic) bond motifs is 2. The van der Waals surface area contributed by atoms with Crippen LogP contribution in [0.2, 0.25) is 0 Å². The molecule has 0 atom stereocenters. The van der Waals surface area contributed by atoms with Gasteiger partial charge in [-0.2, -0.15) is 18.3 Å². The van der Waals surface area contributed by atoms with E-state index < -0.39 is 32.6 Å². The minimum Gasteiger partial charge on any atom is -0.464 e. The molecule has 4 aromatic heterocycles. The molecular weight excluding hydrogens is 465 g/mol. The van der Waals surface area contributed by atoms with Crippen LogP contribution in [0.15, 0.2) is 23.5 Å². The van der Waals surface area contributed by atoms with Gasteiger partial charge < -0.3 is 9.30 Å². The van der Waals surface area contributed by atoms with E-state index in [9.17, 15) is 26.4 Å². The van der Waals surface area contributed by atoms with E-state index in [2.05, 4.69) is 20.1 Å². The fourth-order valence-corrected chi connectivity index (χ4v) is 4.37. The maximum atomic E-state index is 13.1. The van der Waals surface area contributed by atoms with E-state index in [1.807, 2.05) is 0 Å². The predicted molar refractivity (Wildman–Crippen MR) is 109 cm³/mol. The fraction of sp³-hybridized carbons (Fsp3) is 0.316. The molecule has 4 aromatic rings. The van der Waals surface area contributed by atoms with Crippen LogP contribution in [0.25, 0.3) is 28.2 Å². The quantitative estimate of drug-likeness (QED) is 0.407. The number of methoxy groups -OCH3 is 1. The average molecular weight is 482 g/mol. The zero-order valence-electron chi connectivity index (χ0n) is 17.8. The minimum absolute atomic E-state index is 0.0222. The van der Waals surface area contributed by atoms with Crippen LogP contribution in [0, 0.1) is 6.92 Å². The van der Waals surface area contributed by atoms with Crippen LogP contribution in [0.4, 0.5) is 13.2 Å². The van der Waals surface area contributed by atoms with Crippen LogP contribution in [0.3, 0.4) is 0 Å². The second-order valence-electron chi connectivity index (χ2n) is 7.16. The molecule has 0 radical (unpaired) electrons. The number of nitrogens with zero attached hydrogens (tertiary/aromatic N) is 6. The molecule has 0 aromatic carbocycles. The van der Waals surface area contributed by atoms with Gasteiger partial charge >= 0.3 is 12.1 Å². The Labute approximate surface area is 185 Å². The monoisotopic (exact) mass is 482 g/mol. The predicted octanol–water partition coefficient (Wildman–Crippen LogP) is 2.59. The van der Waals surface area contributed by atoms with Gasteiger partial charge in [0, 0.05) is 25.0 Å². The first kappa shape index (κ1) is 22.6. The van der Waals surface area contributed by atoms with Crippen LogP contribution in [0.5, 0.6) is 0 Å². The first-order valence-corrected chi connectivity index (χ1v) is 11.1. The molecule has 0 aliphatic carbocycles. The van der Waals surface area contributed by atoms with Crippen molar-refractivity contribution in [3.05, 3.63) is 35.3 Å². The number of aryl methyl sites for hydroxylation is 2. The highest BCUT2D eigenvalue weighted by atomic mass is 32.2. The number of imidazole rings is 1. The topological polar surface area (TPSA) is 121 Å². The van der Waals surface area contributed by atoms with Crippen molar-refractivity contribution in [3.8, 4) is 11.4 Å². The maximum Gasteiger partial charge on any atom is 0.417 e. The highest BCUT2D eigenvalue weighted by molar-refractivity contribution is 7.91.